The number of aromatic nitrogens is 1. The van der Waals surface area contributed by atoms with Crippen molar-refractivity contribution < 1.29 is 14.7 Å². The van der Waals surface area contributed by atoms with Gasteiger partial charge in [0.05, 0.1) is 0 Å². The maximum Gasteiger partial charge on any atom is 0.326 e. The average Bonchev–Trinajstić information content (AvgIpc) is 2.96. The predicted molar refractivity (Wildman–Crippen MR) is 72.5 cm³/mol. The number of nitrogens with zero attached hydrogens (tertiary/aromatic N) is 2. The molecule has 20 heavy (non-hydrogen) atoms. The Labute approximate surface area is 121 Å². The Morgan fingerprint density at radius 3 is 2.85 bits per heavy atom. The predicted octanol–water partition coefficient (Wildman–Crippen LogP) is 2.06. The number of aliphatic carboxylic acids is 1. The summed E-state index contributed by atoms with van der Waals surface area (Å²) in [5.74, 6) is -0.876. The van der Waals surface area contributed by atoms with Crippen LogP contribution >= 0.6 is 11.6 Å². The third-order valence-electron chi connectivity index (χ3n) is 4.34. The molecular formula is C14H15ClN2O3. The van der Waals surface area contributed by atoms with Crippen LogP contribution < -0.4 is 0 Å². The van der Waals surface area contributed by atoms with E-state index in [9.17, 15) is 14.7 Å². The van der Waals surface area contributed by atoms with Crippen molar-refractivity contribution in [1.29, 1.82) is 0 Å². The van der Waals surface area contributed by atoms with E-state index in [-0.39, 0.29) is 22.7 Å². The van der Waals surface area contributed by atoms with E-state index in [4.69, 9.17) is 11.6 Å². The maximum atomic E-state index is 12.5. The molecule has 0 radical (unpaired) electrons. The quantitative estimate of drug-likeness (QED) is 0.848. The topological polar surface area (TPSA) is 70.5 Å². The number of carbonyl (C=O) groups is 2. The molecule has 1 aliphatic carbocycles. The highest BCUT2D eigenvalue weighted by Gasteiger charge is 2.49. The number of pyridine rings is 1. The molecule has 2 fully saturated rings. The summed E-state index contributed by atoms with van der Waals surface area (Å²) in [5.41, 5.74) is 0.212. The Morgan fingerprint density at radius 1 is 1.35 bits per heavy atom. The molecule has 3 unspecified atom stereocenters. The van der Waals surface area contributed by atoms with Crippen LogP contribution in [0.15, 0.2) is 18.2 Å². The molecule has 1 aromatic heterocycles. The molecule has 106 valence electrons. The van der Waals surface area contributed by atoms with Crippen molar-refractivity contribution in [1.82, 2.24) is 9.88 Å². The first kappa shape index (κ1) is 13.4. The highest BCUT2D eigenvalue weighted by atomic mass is 35.5. The van der Waals surface area contributed by atoms with E-state index in [0.29, 0.717) is 12.5 Å². The van der Waals surface area contributed by atoms with Crippen LogP contribution in [0.3, 0.4) is 0 Å². The van der Waals surface area contributed by atoms with Gasteiger partial charge >= 0.3 is 5.97 Å². The molecule has 2 aliphatic rings. The summed E-state index contributed by atoms with van der Waals surface area (Å²) in [5, 5.41) is 9.68. The second-order valence-electron chi connectivity index (χ2n) is 5.44. The Balaban J connectivity index is 1.89. The van der Waals surface area contributed by atoms with Gasteiger partial charge < -0.3 is 10.0 Å². The van der Waals surface area contributed by atoms with Crippen molar-refractivity contribution in [2.45, 2.75) is 25.3 Å². The summed E-state index contributed by atoms with van der Waals surface area (Å²) in [7, 11) is 0. The largest absolute Gasteiger partial charge is 0.480 e. The van der Waals surface area contributed by atoms with Gasteiger partial charge in [0.2, 0.25) is 0 Å². The van der Waals surface area contributed by atoms with Crippen LogP contribution in [0, 0.1) is 11.8 Å². The van der Waals surface area contributed by atoms with Gasteiger partial charge in [0.15, 0.2) is 0 Å². The van der Waals surface area contributed by atoms with E-state index in [0.717, 1.165) is 19.3 Å². The second kappa shape index (κ2) is 5.05. The number of carboxylic acids is 1. The lowest BCUT2D eigenvalue weighted by Gasteiger charge is -2.24. The minimum atomic E-state index is -0.922. The first-order valence-corrected chi connectivity index (χ1v) is 7.12. The molecular weight excluding hydrogens is 280 g/mol. The zero-order valence-corrected chi connectivity index (χ0v) is 11.6. The van der Waals surface area contributed by atoms with Crippen molar-refractivity contribution in [2.24, 2.45) is 11.8 Å². The van der Waals surface area contributed by atoms with Crippen LogP contribution in [-0.4, -0.2) is 39.5 Å². The van der Waals surface area contributed by atoms with Crippen molar-refractivity contribution in [2.75, 3.05) is 6.54 Å². The van der Waals surface area contributed by atoms with E-state index >= 15 is 0 Å². The van der Waals surface area contributed by atoms with Gasteiger partial charge in [0, 0.05) is 6.54 Å². The number of fused-ring (bicyclic) bond motifs is 1. The molecule has 3 atom stereocenters. The van der Waals surface area contributed by atoms with Gasteiger partial charge in [0.25, 0.3) is 5.91 Å². The SMILES string of the molecule is O=C(O)C1C2CCCC2CN1C(=O)c1cccc(Cl)n1. The molecule has 0 aromatic carbocycles. The molecule has 2 heterocycles. The van der Waals surface area contributed by atoms with Gasteiger partial charge in [0.1, 0.15) is 16.9 Å². The van der Waals surface area contributed by atoms with Gasteiger partial charge in [-0.2, -0.15) is 0 Å². The highest BCUT2D eigenvalue weighted by Crippen LogP contribution is 2.42. The number of carbonyl (C=O) groups excluding carboxylic acids is 1. The molecule has 1 saturated heterocycles. The summed E-state index contributed by atoms with van der Waals surface area (Å²) in [4.78, 5) is 29.4. The molecule has 1 saturated carbocycles. The number of carboxylic acid groups (broad SMARTS) is 1. The minimum absolute atomic E-state index is 0.0793. The number of hydrogen-bond donors (Lipinski definition) is 1. The van der Waals surface area contributed by atoms with Crippen LogP contribution in [0.4, 0.5) is 0 Å². The third-order valence-corrected chi connectivity index (χ3v) is 4.55. The standard InChI is InChI=1S/C14H15ClN2O3/c15-11-6-2-5-10(16-11)13(18)17-7-8-3-1-4-9(8)12(17)14(19)20/h2,5-6,8-9,12H,1,3-4,7H2,(H,19,20). The maximum absolute atomic E-state index is 12.5. The van der Waals surface area contributed by atoms with E-state index in [1.54, 1.807) is 18.2 Å². The molecule has 1 aromatic rings. The Morgan fingerprint density at radius 2 is 2.15 bits per heavy atom. The molecule has 0 spiro atoms. The lowest BCUT2D eigenvalue weighted by molar-refractivity contribution is -0.142. The summed E-state index contributed by atoms with van der Waals surface area (Å²) >= 11 is 5.79. The molecule has 5 nitrogen and oxygen atoms in total. The zero-order chi connectivity index (χ0) is 14.3. The number of halogens is 1. The third kappa shape index (κ3) is 2.16. The van der Waals surface area contributed by atoms with E-state index in [2.05, 4.69) is 4.98 Å². The van der Waals surface area contributed by atoms with Gasteiger partial charge in [-0.1, -0.05) is 24.1 Å². The second-order valence-corrected chi connectivity index (χ2v) is 5.83. The summed E-state index contributed by atoms with van der Waals surface area (Å²) in [6.07, 6.45) is 2.94. The molecule has 1 amide bonds. The number of amides is 1. The molecule has 6 heteroatoms. The molecule has 1 aliphatic heterocycles. The smallest absolute Gasteiger partial charge is 0.326 e. The first-order valence-electron chi connectivity index (χ1n) is 6.74. The summed E-state index contributed by atoms with van der Waals surface area (Å²) in [6.45, 7) is 0.509. The van der Waals surface area contributed by atoms with Crippen LogP contribution in [0.25, 0.3) is 0 Å². The lowest BCUT2D eigenvalue weighted by Crippen LogP contribution is -2.43. The fraction of sp³-hybridized carbons (Fsp3) is 0.500. The van der Waals surface area contributed by atoms with Gasteiger partial charge in [-0.15, -0.1) is 0 Å². The summed E-state index contributed by atoms with van der Waals surface area (Å²) < 4.78 is 0. The first-order chi connectivity index (χ1) is 9.58. The Kier molecular flexibility index (Phi) is 3.38. The Bertz CT molecular complexity index is 563. The van der Waals surface area contributed by atoms with Gasteiger partial charge in [-0.25, -0.2) is 9.78 Å². The van der Waals surface area contributed by atoms with Crippen molar-refractivity contribution >= 4 is 23.5 Å². The molecule has 3 rings (SSSR count). The number of hydrogen-bond acceptors (Lipinski definition) is 3. The Hall–Kier alpha value is -1.62. The summed E-state index contributed by atoms with van der Waals surface area (Å²) in [6, 6.07) is 4.08. The number of likely N-dealkylation sites (tertiary alicyclic amines) is 1. The van der Waals surface area contributed by atoms with Crippen molar-refractivity contribution in [3.63, 3.8) is 0 Å². The van der Waals surface area contributed by atoms with E-state index in [1.807, 2.05) is 0 Å². The lowest BCUT2D eigenvalue weighted by atomic mass is 9.94. The number of rotatable bonds is 2. The van der Waals surface area contributed by atoms with Crippen LogP contribution in [0.5, 0.6) is 0 Å². The van der Waals surface area contributed by atoms with Gasteiger partial charge in [-0.3, -0.25) is 4.79 Å². The van der Waals surface area contributed by atoms with Gasteiger partial charge in [-0.05, 0) is 36.8 Å². The van der Waals surface area contributed by atoms with Crippen molar-refractivity contribution in [3.8, 4) is 0 Å². The minimum Gasteiger partial charge on any atom is -0.480 e. The monoisotopic (exact) mass is 294 g/mol. The highest BCUT2D eigenvalue weighted by molar-refractivity contribution is 6.29. The average molecular weight is 295 g/mol. The van der Waals surface area contributed by atoms with E-state index < -0.39 is 12.0 Å². The van der Waals surface area contributed by atoms with E-state index in [1.165, 1.54) is 4.90 Å². The molecule has 0 bridgehead atoms. The van der Waals surface area contributed by atoms with Crippen molar-refractivity contribution in [3.05, 3.63) is 29.0 Å². The van der Waals surface area contributed by atoms with Crippen LogP contribution in [0.1, 0.15) is 29.8 Å². The fourth-order valence-corrected chi connectivity index (χ4v) is 3.67. The van der Waals surface area contributed by atoms with Crippen LogP contribution in [0.2, 0.25) is 5.15 Å². The zero-order valence-electron chi connectivity index (χ0n) is 10.8. The normalized spacial score (nSPS) is 28.4. The fourth-order valence-electron chi connectivity index (χ4n) is 3.51. The molecule has 1 N–H and O–H groups in total. The van der Waals surface area contributed by atoms with Crippen LogP contribution in [-0.2, 0) is 4.79 Å².